The zero-order valence-electron chi connectivity index (χ0n) is 25.8. The molecule has 1 heteroatoms. The van der Waals surface area contributed by atoms with Gasteiger partial charge in [-0.15, -0.1) is 0 Å². The Kier molecular flexibility index (Phi) is 5.65. The molecule has 216 valence electrons. The van der Waals surface area contributed by atoms with Crippen molar-refractivity contribution in [2.45, 2.75) is 38.2 Å². The fourth-order valence-electron chi connectivity index (χ4n) is 7.50. The van der Waals surface area contributed by atoms with Crippen LogP contribution in [0.25, 0.3) is 65.7 Å². The summed E-state index contributed by atoms with van der Waals surface area (Å²) in [5.74, 6) is 1.31. The monoisotopic (exact) mass is 578 g/mol. The Balaban J connectivity index is 1.21. The zero-order valence-corrected chi connectivity index (χ0v) is 25.8. The van der Waals surface area contributed by atoms with Crippen molar-refractivity contribution in [3.63, 3.8) is 0 Å². The predicted octanol–water partition coefficient (Wildman–Crippen LogP) is 11.9. The van der Waals surface area contributed by atoms with Crippen molar-refractivity contribution in [3.05, 3.63) is 151 Å². The van der Waals surface area contributed by atoms with Crippen molar-refractivity contribution >= 4 is 32.3 Å². The van der Waals surface area contributed by atoms with Gasteiger partial charge in [-0.3, -0.25) is 0 Å². The van der Waals surface area contributed by atoms with Gasteiger partial charge >= 0.3 is 0 Å². The summed E-state index contributed by atoms with van der Waals surface area (Å²) < 4.78 is 6.31. The maximum absolute atomic E-state index is 6.31. The maximum Gasteiger partial charge on any atom is 0.128 e. The van der Waals surface area contributed by atoms with Crippen LogP contribution in [0.3, 0.4) is 0 Å². The molecule has 1 heterocycles. The Bertz CT molecular complexity index is 2290. The van der Waals surface area contributed by atoms with Crippen LogP contribution in [0.15, 0.2) is 140 Å². The largest absolute Gasteiger partial charge is 0.485 e. The second-order valence-corrected chi connectivity index (χ2v) is 13.7. The van der Waals surface area contributed by atoms with Gasteiger partial charge in [0.25, 0.3) is 0 Å². The molecule has 0 saturated carbocycles. The first-order valence-corrected chi connectivity index (χ1v) is 16.0. The summed E-state index contributed by atoms with van der Waals surface area (Å²) >= 11 is 0. The van der Waals surface area contributed by atoms with Crippen LogP contribution in [0, 0.1) is 0 Å². The van der Waals surface area contributed by atoms with E-state index in [1.54, 1.807) is 0 Å². The van der Waals surface area contributed by atoms with E-state index in [-0.39, 0.29) is 11.5 Å². The molecule has 0 bridgehead atoms. The van der Waals surface area contributed by atoms with E-state index in [9.17, 15) is 0 Å². The molecule has 0 radical (unpaired) electrons. The first-order chi connectivity index (χ1) is 21.9. The molecule has 0 saturated heterocycles. The number of ether oxygens (including phenoxy) is 1. The summed E-state index contributed by atoms with van der Waals surface area (Å²) in [5, 5.41) is 7.94. The lowest BCUT2D eigenvalue weighted by molar-refractivity contribution is 0.269. The normalized spacial score (nSPS) is 17.2. The van der Waals surface area contributed by atoms with Crippen molar-refractivity contribution in [3.8, 4) is 39.1 Å². The summed E-state index contributed by atoms with van der Waals surface area (Å²) in [6.07, 6.45) is 8.71. The highest BCUT2D eigenvalue weighted by Gasteiger charge is 2.32. The molecule has 2 atom stereocenters. The van der Waals surface area contributed by atoms with Crippen LogP contribution in [-0.4, -0.2) is 6.10 Å². The molecule has 0 fully saturated rings. The molecule has 1 aliphatic heterocycles. The van der Waals surface area contributed by atoms with Crippen LogP contribution in [0.5, 0.6) is 5.75 Å². The number of allylic oxidation sites excluding steroid dienone is 2. The van der Waals surface area contributed by atoms with Gasteiger partial charge in [-0.1, -0.05) is 142 Å². The van der Waals surface area contributed by atoms with Crippen molar-refractivity contribution in [1.82, 2.24) is 0 Å². The van der Waals surface area contributed by atoms with Gasteiger partial charge in [0.1, 0.15) is 11.9 Å². The lowest BCUT2D eigenvalue weighted by atomic mass is 9.81. The fraction of sp³-hybridized carbons (Fsp3) is 0.136. The topological polar surface area (TPSA) is 9.23 Å². The average molecular weight is 579 g/mol. The summed E-state index contributed by atoms with van der Waals surface area (Å²) in [6.45, 7) is 6.89. The van der Waals surface area contributed by atoms with E-state index in [2.05, 4.69) is 160 Å². The minimum absolute atomic E-state index is 0.0871. The number of fused-ring (bicyclic) bond motifs is 3. The molecule has 0 N–H and O–H groups in total. The van der Waals surface area contributed by atoms with Crippen molar-refractivity contribution in [2.24, 2.45) is 0 Å². The van der Waals surface area contributed by atoms with Gasteiger partial charge in [0.05, 0.1) is 0 Å². The molecule has 2 aliphatic rings. The lowest BCUT2D eigenvalue weighted by Crippen LogP contribution is -2.15. The third-order valence-electron chi connectivity index (χ3n) is 9.92. The highest BCUT2D eigenvalue weighted by molar-refractivity contribution is 6.28. The molecule has 2 unspecified atom stereocenters. The van der Waals surface area contributed by atoms with Crippen LogP contribution < -0.4 is 4.74 Å². The standard InChI is InChI=1S/C44H34O/c1-44(2,3)33-23-31-18-21-36-38(28-9-5-4-6-10-28)26-39(37-22-19-32(24-33)42(31)43(36)37)29-15-13-27(14-16-29)30-17-20-35-34-11-7-8-12-40(34)45-41(35)25-30/h4-26,34,40H,1-3H3. The van der Waals surface area contributed by atoms with Crippen molar-refractivity contribution < 1.29 is 4.74 Å². The quantitative estimate of drug-likeness (QED) is 0.190. The molecule has 1 nitrogen and oxygen atoms in total. The van der Waals surface area contributed by atoms with Crippen LogP contribution >= 0.6 is 0 Å². The highest BCUT2D eigenvalue weighted by atomic mass is 16.5. The van der Waals surface area contributed by atoms with Gasteiger partial charge in [0.15, 0.2) is 0 Å². The van der Waals surface area contributed by atoms with E-state index < -0.39 is 0 Å². The van der Waals surface area contributed by atoms with Crippen LogP contribution in [0.1, 0.15) is 37.8 Å². The van der Waals surface area contributed by atoms with Gasteiger partial charge < -0.3 is 4.74 Å². The highest BCUT2D eigenvalue weighted by Crippen LogP contribution is 2.46. The van der Waals surface area contributed by atoms with E-state index >= 15 is 0 Å². The molecule has 1 aliphatic carbocycles. The molecule has 9 rings (SSSR count). The van der Waals surface area contributed by atoms with Crippen molar-refractivity contribution in [2.75, 3.05) is 0 Å². The van der Waals surface area contributed by atoms with Crippen LogP contribution in [0.2, 0.25) is 0 Å². The smallest absolute Gasteiger partial charge is 0.128 e. The van der Waals surface area contributed by atoms with E-state index in [0.717, 1.165) is 5.75 Å². The Hall–Kier alpha value is -5.14. The number of benzene rings is 7. The summed E-state index contributed by atoms with van der Waals surface area (Å²) in [5.41, 5.74) is 10.1. The van der Waals surface area contributed by atoms with Gasteiger partial charge in [0.2, 0.25) is 0 Å². The third kappa shape index (κ3) is 4.15. The molecule has 0 aromatic heterocycles. The molecule has 7 aromatic carbocycles. The minimum Gasteiger partial charge on any atom is -0.485 e. The Morgan fingerprint density at radius 2 is 1.16 bits per heavy atom. The number of hydrogen-bond acceptors (Lipinski definition) is 1. The molecular formula is C44H34O. The SMILES string of the molecule is CC(C)(C)c1cc2ccc3c(-c4ccccc4)cc(-c4ccc(-c5ccc6c(c5)OC5C=CC=CC65)cc4)c4ccc(c1)c2c34. The molecule has 7 aromatic rings. The second kappa shape index (κ2) is 9.68. The molecular weight excluding hydrogens is 544 g/mol. The summed E-state index contributed by atoms with van der Waals surface area (Å²) in [6, 6.07) is 43.1. The van der Waals surface area contributed by atoms with Gasteiger partial charge in [0, 0.05) is 11.5 Å². The summed E-state index contributed by atoms with van der Waals surface area (Å²) in [7, 11) is 0. The van der Waals surface area contributed by atoms with E-state index in [4.69, 9.17) is 4.74 Å². The Morgan fingerprint density at radius 3 is 1.84 bits per heavy atom. The van der Waals surface area contributed by atoms with Gasteiger partial charge in [-0.2, -0.15) is 0 Å². The minimum atomic E-state index is 0.0871. The Labute approximate surface area is 264 Å². The second-order valence-electron chi connectivity index (χ2n) is 13.7. The van der Waals surface area contributed by atoms with E-state index in [1.807, 2.05) is 0 Å². The molecule has 0 spiro atoms. The van der Waals surface area contributed by atoms with Gasteiger partial charge in [-0.05, 0) is 94.9 Å². The molecule has 0 amide bonds. The number of rotatable bonds is 3. The number of hydrogen-bond donors (Lipinski definition) is 0. The average Bonchev–Trinajstić information content (AvgIpc) is 3.45. The third-order valence-corrected chi connectivity index (χ3v) is 9.92. The zero-order chi connectivity index (χ0) is 30.3. The Morgan fingerprint density at radius 1 is 0.533 bits per heavy atom. The maximum atomic E-state index is 6.31. The first kappa shape index (κ1) is 26.3. The van der Waals surface area contributed by atoms with Crippen molar-refractivity contribution in [1.29, 1.82) is 0 Å². The molecule has 45 heavy (non-hydrogen) atoms. The van der Waals surface area contributed by atoms with Gasteiger partial charge in [-0.25, -0.2) is 0 Å². The first-order valence-electron chi connectivity index (χ1n) is 16.0. The summed E-state index contributed by atoms with van der Waals surface area (Å²) in [4.78, 5) is 0. The van der Waals surface area contributed by atoms with Crippen LogP contribution in [0.4, 0.5) is 0 Å². The van der Waals surface area contributed by atoms with Crippen LogP contribution in [-0.2, 0) is 5.41 Å². The van der Waals surface area contributed by atoms with E-state index in [0.29, 0.717) is 5.92 Å². The fourth-order valence-corrected chi connectivity index (χ4v) is 7.50. The predicted molar refractivity (Wildman–Crippen MR) is 191 cm³/mol. The lowest BCUT2D eigenvalue weighted by Gasteiger charge is -2.23. The van der Waals surface area contributed by atoms with E-state index in [1.165, 1.54) is 76.8 Å².